The molecule has 0 aliphatic carbocycles. The summed E-state index contributed by atoms with van der Waals surface area (Å²) in [5.41, 5.74) is -0.498. The summed E-state index contributed by atoms with van der Waals surface area (Å²) in [6.45, 7) is 8.67. The number of carbonyl (C=O) groups excluding carboxylic acids is 2. The fourth-order valence-corrected chi connectivity index (χ4v) is 2.36. The molecule has 2 atom stereocenters. The lowest BCUT2D eigenvalue weighted by molar-refractivity contribution is -0.120. The summed E-state index contributed by atoms with van der Waals surface area (Å²) in [6, 6.07) is 0.0473. The number of amides is 2. The van der Waals surface area contributed by atoms with Crippen molar-refractivity contribution in [3.05, 3.63) is 0 Å². The molecule has 0 aromatic carbocycles. The highest BCUT2D eigenvalue weighted by molar-refractivity contribution is 5.73. The van der Waals surface area contributed by atoms with Gasteiger partial charge in [0.05, 0.1) is 6.61 Å². The maximum absolute atomic E-state index is 12.1. The maximum atomic E-state index is 12.1. The van der Waals surface area contributed by atoms with E-state index >= 15 is 0 Å². The van der Waals surface area contributed by atoms with Gasteiger partial charge in [-0.2, -0.15) is 0 Å². The first kappa shape index (κ1) is 16.8. The van der Waals surface area contributed by atoms with Crippen LogP contribution in [0.3, 0.4) is 0 Å². The van der Waals surface area contributed by atoms with E-state index in [4.69, 9.17) is 9.47 Å². The number of nitrogens with one attached hydrogen (secondary N) is 1. The monoisotopic (exact) mass is 286 g/mol. The quantitative estimate of drug-likeness (QED) is 0.851. The van der Waals surface area contributed by atoms with Crippen LogP contribution >= 0.6 is 0 Å². The Balaban J connectivity index is 2.63. The molecule has 1 rings (SSSR count). The van der Waals surface area contributed by atoms with E-state index in [1.807, 2.05) is 20.8 Å². The van der Waals surface area contributed by atoms with Crippen LogP contribution in [0.5, 0.6) is 0 Å². The van der Waals surface area contributed by atoms with Crippen LogP contribution in [0, 0.1) is 5.92 Å². The molecule has 0 saturated carbocycles. The van der Waals surface area contributed by atoms with Crippen LogP contribution in [-0.4, -0.2) is 55.3 Å². The first-order chi connectivity index (χ1) is 9.23. The molecule has 0 spiro atoms. The molecule has 2 amide bonds. The lowest BCUT2D eigenvalue weighted by Crippen LogP contribution is -2.54. The van der Waals surface area contributed by atoms with E-state index in [9.17, 15) is 9.59 Å². The van der Waals surface area contributed by atoms with Gasteiger partial charge in [0.25, 0.3) is 0 Å². The SMILES string of the molecule is COCC1CN(C(=O)OC(C)(C)C)CCC1NC(C)=O. The molecule has 0 aromatic rings. The second kappa shape index (κ2) is 6.92. The summed E-state index contributed by atoms with van der Waals surface area (Å²) in [5, 5.41) is 2.93. The molecule has 6 nitrogen and oxygen atoms in total. The first-order valence-corrected chi connectivity index (χ1v) is 6.97. The number of nitrogens with zero attached hydrogens (tertiary/aromatic N) is 1. The first-order valence-electron chi connectivity index (χ1n) is 6.97. The van der Waals surface area contributed by atoms with E-state index in [-0.39, 0.29) is 24.0 Å². The van der Waals surface area contributed by atoms with Crippen LogP contribution in [0.1, 0.15) is 34.1 Å². The van der Waals surface area contributed by atoms with Crippen LogP contribution < -0.4 is 5.32 Å². The van der Waals surface area contributed by atoms with Gasteiger partial charge in [0.15, 0.2) is 0 Å². The molecule has 1 aliphatic heterocycles. The molecule has 0 radical (unpaired) electrons. The zero-order valence-corrected chi connectivity index (χ0v) is 13.1. The summed E-state index contributed by atoms with van der Waals surface area (Å²) in [7, 11) is 1.62. The number of piperidine rings is 1. The van der Waals surface area contributed by atoms with Crippen molar-refractivity contribution in [1.82, 2.24) is 10.2 Å². The van der Waals surface area contributed by atoms with Gasteiger partial charge in [-0.05, 0) is 27.2 Å². The zero-order chi connectivity index (χ0) is 15.3. The number of hydrogen-bond donors (Lipinski definition) is 1. The molecule has 20 heavy (non-hydrogen) atoms. The summed E-state index contributed by atoms with van der Waals surface area (Å²) in [5.74, 6) is 0.0342. The van der Waals surface area contributed by atoms with Crippen LogP contribution in [0.2, 0.25) is 0 Å². The molecular weight excluding hydrogens is 260 g/mol. The van der Waals surface area contributed by atoms with E-state index < -0.39 is 5.60 Å². The highest BCUT2D eigenvalue weighted by Gasteiger charge is 2.33. The van der Waals surface area contributed by atoms with Crippen molar-refractivity contribution >= 4 is 12.0 Å². The molecule has 1 heterocycles. The Kier molecular flexibility index (Phi) is 5.80. The molecule has 0 bridgehead atoms. The molecule has 1 fully saturated rings. The predicted octanol–water partition coefficient (Wildman–Crippen LogP) is 1.39. The molecule has 1 saturated heterocycles. The minimum atomic E-state index is -0.498. The van der Waals surface area contributed by atoms with Gasteiger partial charge >= 0.3 is 6.09 Å². The van der Waals surface area contributed by atoms with E-state index in [0.717, 1.165) is 0 Å². The van der Waals surface area contributed by atoms with Crippen molar-refractivity contribution in [2.45, 2.75) is 45.8 Å². The zero-order valence-electron chi connectivity index (χ0n) is 13.1. The summed E-state index contributed by atoms with van der Waals surface area (Å²) in [4.78, 5) is 25.0. The fraction of sp³-hybridized carbons (Fsp3) is 0.857. The maximum Gasteiger partial charge on any atom is 0.410 e. The van der Waals surface area contributed by atoms with Crippen molar-refractivity contribution in [2.75, 3.05) is 26.8 Å². The molecule has 1 aliphatic rings. The minimum absolute atomic E-state index is 0.0473. The number of ether oxygens (including phenoxy) is 2. The van der Waals surface area contributed by atoms with Crippen LogP contribution in [0.4, 0.5) is 4.79 Å². The second-order valence-electron chi connectivity index (χ2n) is 6.24. The lowest BCUT2D eigenvalue weighted by Gasteiger charge is -2.38. The highest BCUT2D eigenvalue weighted by Crippen LogP contribution is 2.20. The van der Waals surface area contributed by atoms with Crippen molar-refractivity contribution < 1.29 is 19.1 Å². The Labute approximate surface area is 120 Å². The number of carbonyl (C=O) groups is 2. The Morgan fingerprint density at radius 2 is 2.00 bits per heavy atom. The van der Waals surface area contributed by atoms with Gasteiger partial charge in [-0.1, -0.05) is 0 Å². The number of hydrogen-bond acceptors (Lipinski definition) is 4. The average molecular weight is 286 g/mol. The molecule has 2 unspecified atom stereocenters. The molecule has 6 heteroatoms. The van der Waals surface area contributed by atoms with E-state index in [1.54, 1.807) is 12.0 Å². The lowest BCUT2D eigenvalue weighted by atomic mass is 9.93. The average Bonchev–Trinajstić information content (AvgIpc) is 2.28. The third-order valence-corrected chi connectivity index (χ3v) is 3.16. The molecule has 116 valence electrons. The summed E-state index contributed by atoms with van der Waals surface area (Å²) < 4.78 is 10.6. The number of rotatable bonds is 3. The van der Waals surface area contributed by atoms with Crippen molar-refractivity contribution in [2.24, 2.45) is 5.92 Å². The van der Waals surface area contributed by atoms with Gasteiger partial charge in [0, 0.05) is 39.1 Å². The van der Waals surface area contributed by atoms with Gasteiger partial charge in [-0.25, -0.2) is 4.79 Å². The second-order valence-corrected chi connectivity index (χ2v) is 6.24. The fourth-order valence-electron chi connectivity index (χ4n) is 2.36. The normalized spacial score (nSPS) is 23.4. The Morgan fingerprint density at radius 1 is 1.35 bits per heavy atom. The van der Waals surface area contributed by atoms with E-state index in [0.29, 0.717) is 26.1 Å². The van der Waals surface area contributed by atoms with Gasteiger partial charge in [-0.15, -0.1) is 0 Å². The standard InChI is InChI=1S/C14H26N2O4/c1-10(17)15-12-6-7-16(8-11(12)9-19-5)13(18)20-14(2,3)4/h11-12H,6-9H2,1-5H3,(H,15,17). The van der Waals surface area contributed by atoms with Crippen LogP contribution in [0.15, 0.2) is 0 Å². The van der Waals surface area contributed by atoms with Gasteiger partial charge < -0.3 is 19.7 Å². The Bertz CT molecular complexity index is 352. The smallest absolute Gasteiger partial charge is 0.410 e. The molecule has 1 N–H and O–H groups in total. The topological polar surface area (TPSA) is 67.9 Å². The van der Waals surface area contributed by atoms with E-state index in [2.05, 4.69) is 5.32 Å². The molecule has 0 aromatic heterocycles. The summed E-state index contributed by atoms with van der Waals surface area (Å²) in [6.07, 6.45) is 0.409. The highest BCUT2D eigenvalue weighted by atomic mass is 16.6. The Hall–Kier alpha value is -1.30. The van der Waals surface area contributed by atoms with Crippen molar-refractivity contribution in [3.8, 4) is 0 Å². The third-order valence-electron chi connectivity index (χ3n) is 3.16. The number of methoxy groups -OCH3 is 1. The van der Waals surface area contributed by atoms with E-state index in [1.165, 1.54) is 6.92 Å². The Morgan fingerprint density at radius 3 is 2.50 bits per heavy atom. The minimum Gasteiger partial charge on any atom is -0.444 e. The van der Waals surface area contributed by atoms with Crippen LogP contribution in [-0.2, 0) is 14.3 Å². The third kappa shape index (κ3) is 5.36. The van der Waals surface area contributed by atoms with Gasteiger partial charge in [-0.3, -0.25) is 4.79 Å². The van der Waals surface area contributed by atoms with Gasteiger partial charge in [0.1, 0.15) is 5.60 Å². The van der Waals surface area contributed by atoms with Gasteiger partial charge in [0.2, 0.25) is 5.91 Å². The molecular formula is C14H26N2O4. The largest absolute Gasteiger partial charge is 0.444 e. The number of likely N-dealkylation sites (tertiary alicyclic amines) is 1. The predicted molar refractivity (Wildman–Crippen MR) is 75.4 cm³/mol. The van der Waals surface area contributed by atoms with Crippen molar-refractivity contribution in [3.63, 3.8) is 0 Å². The van der Waals surface area contributed by atoms with Crippen LogP contribution in [0.25, 0.3) is 0 Å². The van der Waals surface area contributed by atoms with Crippen molar-refractivity contribution in [1.29, 1.82) is 0 Å². The summed E-state index contributed by atoms with van der Waals surface area (Å²) >= 11 is 0.